The van der Waals surface area contributed by atoms with E-state index in [0.717, 1.165) is 26.0 Å². The van der Waals surface area contributed by atoms with Crippen molar-refractivity contribution in [1.29, 1.82) is 0 Å². The van der Waals surface area contributed by atoms with Crippen LogP contribution in [-0.2, 0) is 11.0 Å². The monoisotopic (exact) mass is 648 g/mol. The van der Waals surface area contributed by atoms with Crippen LogP contribution in [0.1, 0.15) is 30.9 Å². The molecule has 3 aromatic rings. The van der Waals surface area contributed by atoms with Gasteiger partial charge in [0.1, 0.15) is 46.5 Å². The molecule has 3 atom stereocenters. The number of aromatic nitrogens is 3. The molecule has 0 spiro atoms. The number of pyridine rings is 1. The van der Waals surface area contributed by atoms with Crippen LogP contribution in [0, 0.1) is 18.6 Å². The van der Waals surface area contributed by atoms with Gasteiger partial charge in [-0.15, -0.1) is 0 Å². The van der Waals surface area contributed by atoms with E-state index >= 15 is 4.39 Å². The number of hydrogen-bond acceptors (Lipinski definition) is 10. The van der Waals surface area contributed by atoms with Gasteiger partial charge in [-0.1, -0.05) is 0 Å². The molecule has 6 heterocycles. The summed E-state index contributed by atoms with van der Waals surface area (Å²) in [6, 6.07) is 0.179. The van der Waals surface area contributed by atoms with Crippen molar-refractivity contribution in [3.8, 4) is 23.1 Å². The summed E-state index contributed by atoms with van der Waals surface area (Å²) in [6.07, 6.45) is -4.27. The fraction of sp³-hybridized carbons (Fsp3) is 0.533. The molecule has 0 bridgehead atoms. The molecule has 1 amide bonds. The number of nitrogens with two attached hydrogens (primary N) is 1. The van der Waals surface area contributed by atoms with E-state index in [9.17, 15) is 22.4 Å². The molecule has 0 radical (unpaired) electrons. The van der Waals surface area contributed by atoms with E-state index in [-0.39, 0.29) is 47.2 Å². The van der Waals surface area contributed by atoms with Crippen LogP contribution in [0.25, 0.3) is 22.2 Å². The quantitative estimate of drug-likeness (QED) is 0.323. The highest BCUT2D eigenvalue weighted by atomic mass is 19.4. The molecule has 3 saturated heterocycles. The Balaban J connectivity index is 1.43. The summed E-state index contributed by atoms with van der Waals surface area (Å²) in [5, 5.41) is 3.36. The second-order valence-electron chi connectivity index (χ2n) is 12.4. The minimum Gasteiger partial charge on any atom is -0.472 e. The van der Waals surface area contributed by atoms with Crippen LogP contribution in [0.5, 0.6) is 11.9 Å². The standard InChI is InChI=1S/C30H33F5N8O3/c1-14-20(30(33,34)35)16(11-17(36)21(14)31)23-22(32)24-19-25(43-8-6-37-12-18(43)15(2)46-26(19)38-23)40-28(39-24)45-13-29-5-4-7-42(29)10-9-41(3)27(29)44/h11,15,18,37H,4-10,12-13,36H2,1-3H3/t15-,18-,29+/m0/s1. The third kappa shape index (κ3) is 4.59. The molecular weight excluding hydrogens is 615 g/mol. The van der Waals surface area contributed by atoms with Crippen molar-refractivity contribution in [2.75, 3.05) is 63.6 Å². The number of fused-ring (bicyclic) bond motifs is 3. The summed E-state index contributed by atoms with van der Waals surface area (Å²) >= 11 is 0. The summed E-state index contributed by atoms with van der Waals surface area (Å²) in [7, 11) is 1.73. The first-order valence-electron chi connectivity index (χ1n) is 15.2. The minimum absolute atomic E-state index is 0.0688. The van der Waals surface area contributed by atoms with Gasteiger partial charge in [-0.05, 0) is 44.9 Å². The molecule has 7 rings (SSSR count). The molecule has 0 unspecified atom stereocenters. The van der Waals surface area contributed by atoms with Gasteiger partial charge in [-0.2, -0.15) is 23.1 Å². The van der Waals surface area contributed by atoms with Crippen molar-refractivity contribution >= 4 is 28.3 Å². The smallest absolute Gasteiger partial charge is 0.417 e. The van der Waals surface area contributed by atoms with Gasteiger partial charge in [0.2, 0.25) is 11.8 Å². The lowest BCUT2D eigenvalue weighted by atomic mass is 9.93. The fourth-order valence-corrected chi connectivity index (χ4v) is 7.31. The molecule has 11 nitrogen and oxygen atoms in total. The fourth-order valence-electron chi connectivity index (χ4n) is 7.31. The zero-order valence-corrected chi connectivity index (χ0v) is 25.5. The van der Waals surface area contributed by atoms with E-state index < -0.39 is 57.5 Å². The van der Waals surface area contributed by atoms with E-state index in [1.807, 2.05) is 4.90 Å². The van der Waals surface area contributed by atoms with Crippen molar-refractivity contribution < 1.29 is 36.2 Å². The normalized spacial score (nSPS) is 24.9. The second-order valence-corrected chi connectivity index (χ2v) is 12.4. The first kappa shape index (κ1) is 30.6. The SMILES string of the molecule is Cc1c(F)c(N)cc(-c2nc3c4c(nc(OC[C@@]56CCCN5CCN(C)C6=O)nc4c2F)N2CCNC[C@H]2[C@H](C)O3)c1C(F)(F)F. The second kappa shape index (κ2) is 10.8. The average Bonchev–Trinajstić information content (AvgIpc) is 3.40. The lowest BCUT2D eigenvalue weighted by Gasteiger charge is -2.44. The molecule has 2 aromatic heterocycles. The average molecular weight is 649 g/mol. The first-order valence-corrected chi connectivity index (χ1v) is 15.2. The number of amides is 1. The lowest BCUT2D eigenvalue weighted by Crippen LogP contribution is -2.64. The zero-order chi connectivity index (χ0) is 32.7. The predicted octanol–water partition coefficient (Wildman–Crippen LogP) is 3.12. The number of likely N-dealkylation sites (N-methyl/N-ethyl adjacent to an activating group) is 1. The Bertz CT molecular complexity index is 1760. The number of piperazine rings is 2. The molecule has 0 aliphatic carbocycles. The van der Waals surface area contributed by atoms with E-state index in [0.29, 0.717) is 39.1 Å². The Hall–Kier alpha value is -4.05. The van der Waals surface area contributed by atoms with Crippen molar-refractivity contribution in [2.45, 2.75) is 50.6 Å². The highest BCUT2D eigenvalue weighted by Crippen LogP contribution is 2.46. The number of nitrogens with zero attached hydrogens (tertiary/aromatic N) is 6. The maximum Gasteiger partial charge on any atom is 0.417 e. The minimum atomic E-state index is -5.07. The van der Waals surface area contributed by atoms with Crippen LogP contribution >= 0.6 is 0 Å². The predicted molar refractivity (Wildman–Crippen MR) is 158 cm³/mol. The van der Waals surface area contributed by atoms with Gasteiger partial charge in [0, 0.05) is 45.3 Å². The number of benzene rings is 1. The topological polar surface area (TPSA) is 122 Å². The maximum atomic E-state index is 16.7. The van der Waals surface area contributed by atoms with Gasteiger partial charge in [-0.3, -0.25) is 9.69 Å². The molecule has 4 aliphatic heterocycles. The summed E-state index contributed by atoms with van der Waals surface area (Å²) in [5.74, 6) is -2.48. The van der Waals surface area contributed by atoms with Crippen molar-refractivity contribution in [1.82, 2.24) is 30.1 Å². The van der Waals surface area contributed by atoms with E-state index in [1.165, 1.54) is 0 Å². The van der Waals surface area contributed by atoms with E-state index in [1.54, 1.807) is 18.9 Å². The number of nitrogen functional groups attached to an aromatic ring is 1. The molecular formula is C30H33F5N8O3. The summed E-state index contributed by atoms with van der Waals surface area (Å²) in [5.41, 5.74) is 0.122. The van der Waals surface area contributed by atoms with Crippen LogP contribution in [0.3, 0.4) is 0 Å². The third-order valence-corrected chi connectivity index (χ3v) is 9.69. The number of anilines is 2. The molecule has 3 N–H and O–H groups in total. The van der Waals surface area contributed by atoms with Gasteiger partial charge in [0.05, 0.1) is 17.3 Å². The number of ether oxygens (including phenoxy) is 2. The summed E-state index contributed by atoms with van der Waals surface area (Å²) < 4.78 is 86.7. The Morgan fingerprint density at radius 2 is 1.93 bits per heavy atom. The Morgan fingerprint density at radius 1 is 1.15 bits per heavy atom. The number of alkyl halides is 3. The van der Waals surface area contributed by atoms with Crippen LogP contribution in [0.15, 0.2) is 6.07 Å². The lowest BCUT2D eigenvalue weighted by molar-refractivity contribution is -0.149. The van der Waals surface area contributed by atoms with Gasteiger partial charge < -0.3 is 30.3 Å². The van der Waals surface area contributed by atoms with Crippen molar-refractivity contribution in [3.63, 3.8) is 0 Å². The zero-order valence-electron chi connectivity index (χ0n) is 25.5. The van der Waals surface area contributed by atoms with Gasteiger partial charge in [-0.25, -0.2) is 13.8 Å². The molecule has 0 saturated carbocycles. The van der Waals surface area contributed by atoms with E-state index in [4.69, 9.17) is 15.2 Å². The van der Waals surface area contributed by atoms with Crippen LogP contribution < -0.4 is 25.4 Å². The van der Waals surface area contributed by atoms with Gasteiger partial charge >= 0.3 is 12.2 Å². The third-order valence-electron chi connectivity index (χ3n) is 9.69. The van der Waals surface area contributed by atoms with Gasteiger partial charge in [0.25, 0.3) is 0 Å². The van der Waals surface area contributed by atoms with E-state index in [2.05, 4.69) is 25.2 Å². The largest absolute Gasteiger partial charge is 0.472 e. The molecule has 4 aliphatic rings. The summed E-state index contributed by atoms with van der Waals surface area (Å²) in [4.78, 5) is 32.4. The number of rotatable bonds is 4. The Labute approximate surface area is 260 Å². The Kier molecular flexibility index (Phi) is 7.15. The van der Waals surface area contributed by atoms with Crippen LogP contribution in [0.2, 0.25) is 0 Å². The summed E-state index contributed by atoms with van der Waals surface area (Å²) in [6.45, 7) is 6.10. The first-order chi connectivity index (χ1) is 21.8. The number of carbonyl (C=O) groups excluding carboxylic acids is 1. The highest BCUT2D eigenvalue weighted by molar-refractivity contribution is 5.97. The molecule has 246 valence electrons. The molecule has 46 heavy (non-hydrogen) atoms. The van der Waals surface area contributed by atoms with Gasteiger partial charge in [0.15, 0.2) is 5.82 Å². The highest BCUT2D eigenvalue weighted by Gasteiger charge is 2.52. The number of carbonyl (C=O) groups is 1. The molecule has 1 aromatic carbocycles. The van der Waals surface area contributed by atoms with Crippen LogP contribution in [-0.4, -0.2) is 101 Å². The number of nitrogens with one attached hydrogen (secondary N) is 1. The van der Waals surface area contributed by atoms with Crippen LogP contribution in [0.4, 0.5) is 33.5 Å². The van der Waals surface area contributed by atoms with Crippen molar-refractivity contribution in [3.05, 3.63) is 28.8 Å². The Morgan fingerprint density at radius 3 is 2.70 bits per heavy atom. The van der Waals surface area contributed by atoms with Crippen molar-refractivity contribution in [2.24, 2.45) is 0 Å². The molecule has 16 heteroatoms. The molecule has 3 fully saturated rings. The number of hydrogen-bond donors (Lipinski definition) is 2. The maximum absolute atomic E-state index is 16.7. The number of halogens is 5.